The highest BCUT2D eigenvalue weighted by molar-refractivity contribution is 5.95. The molecule has 4 heteroatoms. The summed E-state index contributed by atoms with van der Waals surface area (Å²) in [6.07, 6.45) is 1.51. The molecular weight excluding hydrogens is 172 g/mol. The van der Waals surface area contributed by atoms with Crippen LogP contribution in [-0.4, -0.2) is 26.2 Å². The van der Waals surface area contributed by atoms with Crippen molar-refractivity contribution >= 4 is 11.9 Å². The van der Waals surface area contributed by atoms with Gasteiger partial charge in [-0.05, 0) is 5.92 Å². The highest BCUT2D eigenvalue weighted by atomic mass is 16.5. The van der Waals surface area contributed by atoms with Crippen molar-refractivity contribution < 1.29 is 19.1 Å². The molecule has 4 nitrogen and oxygen atoms in total. The molecule has 0 radical (unpaired) electrons. The van der Waals surface area contributed by atoms with Gasteiger partial charge in [-0.25, -0.2) is 0 Å². The Balaban J connectivity index is 4.63. The van der Waals surface area contributed by atoms with E-state index < -0.39 is 17.9 Å². The minimum atomic E-state index is -0.910. The third-order valence-corrected chi connectivity index (χ3v) is 1.81. The van der Waals surface area contributed by atoms with Crippen molar-refractivity contribution in [3.8, 4) is 0 Å². The molecule has 0 fully saturated rings. The minimum absolute atomic E-state index is 0.292. The van der Waals surface area contributed by atoms with E-state index in [9.17, 15) is 9.59 Å². The molecule has 0 aromatic rings. The molecule has 0 aromatic carbocycles. The summed E-state index contributed by atoms with van der Waals surface area (Å²) >= 11 is 0. The van der Waals surface area contributed by atoms with Gasteiger partial charge in [0.1, 0.15) is 0 Å². The van der Waals surface area contributed by atoms with E-state index in [0.717, 1.165) is 0 Å². The van der Waals surface area contributed by atoms with Gasteiger partial charge in [-0.1, -0.05) is 13.0 Å². The lowest BCUT2D eigenvalue weighted by molar-refractivity contribution is -0.160. The second-order valence-electron chi connectivity index (χ2n) is 2.62. The Morgan fingerprint density at radius 3 is 1.85 bits per heavy atom. The van der Waals surface area contributed by atoms with E-state index in [1.807, 2.05) is 0 Å². The predicted molar refractivity (Wildman–Crippen MR) is 46.9 cm³/mol. The molecular formula is C9H14O4. The van der Waals surface area contributed by atoms with Crippen molar-refractivity contribution in [2.75, 3.05) is 14.2 Å². The average Bonchev–Trinajstić information content (AvgIpc) is 2.16. The number of hydrogen-bond donors (Lipinski definition) is 0. The molecule has 0 aliphatic rings. The summed E-state index contributed by atoms with van der Waals surface area (Å²) in [7, 11) is 2.46. The van der Waals surface area contributed by atoms with E-state index in [2.05, 4.69) is 16.1 Å². The van der Waals surface area contributed by atoms with Crippen molar-refractivity contribution in [2.24, 2.45) is 11.8 Å². The largest absolute Gasteiger partial charge is 0.468 e. The number of hydrogen-bond acceptors (Lipinski definition) is 4. The van der Waals surface area contributed by atoms with Crippen molar-refractivity contribution in [1.82, 2.24) is 0 Å². The lowest BCUT2D eigenvalue weighted by atomic mass is 9.94. The van der Waals surface area contributed by atoms with E-state index in [1.54, 1.807) is 6.92 Å². The summed E-state index contributed by atoms with van der Waals surface area (Å²) in [6, 6.07) is 0. The molecule has 0 aliphatic carbocycles. The Labute approximate surface area is 77.5 Å². The van der Waals surface area contributed by atoms with E-state index in [1.165, 1.54) is 20.3 Å². The van der Waals surface area contributed by atoms with Crippen LogP contribution in [0.2, 0.25) is 0 Å². The zero-order chi connectivity index (χ0) is 10.4. The molecule has 0 aliphatic heterocycles. The van der Waals surface area contributed by atoms with Gasteiger partial charge in [-0.2, -0.15) is 0 Å². The van der Waals surface area contributed by atoms with Crippen LogP contribution in [0.4, 0.5) is 0 Å². The topological polar surface area (TPSA) is 52.6 Å². The Hall–Kier alpha value is -1.32. The van der Waals surface area contributed by atoms with Crippen LogP contribution in [0.3, 0.4) is 0 Å². The maximum absolute atomic E-state index is 11.1. The lowest BCUT2D eigenvalue weighted by Crippen LogP contribution is -2.31. The first-order chi connectivity index (χ1) is 6.08. The molecule has 0 rings (SSSR count). The van der Waals surface area contributed by atoms with E-state index in [0.29, 0.717) is 0 Å². The molecule has 0 saturated heterocycles. The van der Waals surface area contributed by atoms with Crippen molar-refractivity contribution in [3.63, 3.8) is 0 Å². The highest BCUT2D eigenvalue weighted by Crippen LogP contribution is 2.15. The molecule has 74 valence electrons. The van der Waals surface area contributed by atoms with E-state index in [-0.39, 0.29) is 5.92 Å². The monoisotopic (exact) mass is 186 g/mol. The standard InChI is InChI=1S/C9H14O4/c1-5-6(2)7(8(10)12-3)9(11)13-4/h5-7H,1H2,2-4H3/t6-/m1/s1. The fourth-order valence-corrected chi connectivity index (χ4v) is 0.916. The third-order valence-electron chi connectivity index (χ3n) is 1.81. The van der Waals surface area contributed by atoms with Crippen molar-refractivity contribution in [3.05, 3.63) is 12.7 Å². The van der Waals surface area contributed by atoms with Gasteiger partial charge in [0, 0.05) is 0 Å². The predicted octanol–water partition coefficient (Wildman–Crippen LogP) is 0.771. The second kappa shape index (κ2) is 5.35. The first kappa shape index (κ1) is 11.7. The SMILES string of the molecule is C=C[C@@H](C)C(C(=O)OC)C(=O)OC. The Morgan fingerprint density at radius 2 is 1.62 bits per heavy atom. The van der Waals surface area contributed by atoms with Crippen LogP contribution in [0.15, 0.2) is 12.7 Å². The quantitative estimate of drug-likeness (QED) is 0.369. The Morgan fingerprint density at radius 1 is 1.23 bits per heavy atom. The Bertz CT molecular complexity index is 194. The van der Waals surface area contributed by atoms with Crippen LogP contribution in [-0.2, 0) is 19.1 Å². The maximum Gasteiger partial charge on any atom is 0.320 e. The maximum atomic E-state index is 11.1. The van der Waals surface area contributed by atoms with Crippen molar-refractivity contribution in [2.45, 2.75) is 6.92 Å². The van der Waals surface area contributed by atoms with Crippen LogP contribution in [0, 0.1) is 11.8 Å². The number of allylic oxidation sites excluding steroid dienone is 1. The zero-order valence-electron chi connectivity index (χ0n) is 8.07. The molecule has 13 heavy (non-hydrogen) atoms. The second-order valence-corrected chi connectivity index (χ2v) is 2.62. The number of esters is 2. The number of methoxy groups -OCH3 is 2. The van der Waals surface area contributed by atoms with Gasteiger partial charge in [0.15, 0.2) is 5.92 Å². The highest BCUT2D eigenvalue weighted by Gasteiger charge is 2.32. The first-order valence-corrected chi connectivity index (χ1v) is 3.86. The normalized spacial score (nSPS) is 12.0. The van der Waals surface area contributed by atoms with Gasteiger partial charge < -0.3 is 9.47 Å². The van der Waals surface area contributed by atoms with Gasteiger partial charge in [0.05, 0.1) is 14.2 Å². The van der Waals surface area contributed by atoms with Crippen LogP contribution in [0.25, 0.3) is 0 Å². The van der Waals surface area contributed by atoms with Gasteiger partial charge >= 0.3 is 11.9 Å². The number of ether oxygens (including phenoxy) is 2. The fourth-order valence-electron chi connectivity index (χ4n) is 0.916. The van der Waals surface area contributed by atoms with Gasteiger partial charge in [-0.15, -0.1) is 6.58 Å². The molecule has 0 bridgehead atoms. The molecule has 0 aromatic heterocycles. The summed E-state index contributed by atoms with van der Waals surface area (Å²) in [4.78, 5) is 22.3. The minimum Gasteiger partial charge on any atom is -0.468 e. The number of rotatable bonds is 4. The summed E-state index contributed by atoms with van der Waals surface area (Å²) in [5.41, 5.74) is 0. The zero-order valence-corrected chi connectivity index (χ0v) is 8.07. The Kier molecular flexibility index (Phi) is 4.80. The third kappa shape index (κ3) is 2.89. The molecule has 0 spiro atoms. The van der Waals surface area contributed by atoms with Gasteiger partial charge in [0.2, 0.25) is 0 Å². The summed E-state index contributed by atoms with van der Waals surface area (Å²) < 4.78 is 8.94. The molecule has 0 amide bonds. The smallest absolute Gasteiger partial charge is 0.320 e. The molecule has 1 atom stereocenters. The summed E-state index contributed by atoms with van der Waals surface area (Å²) in [6.45, 7) is 5.20. The summed E-state index contributed by atoms with van der Waals surface area (Å²) in [5.74, 6) is -2.40. The molecule has 0 N–H and O–H groups in total. The average molecular weight is 186 g/mol. The van der Waals surface area contributed by atoms with Gasteiger partial charge in [-0.3, -0.25) is 9.59 Å². The van der Waals surface area contributed by atoms with Crippen LogP contribution < -0.4 is 0 Å². The van der Waals surface area contributed by atoms with E-state index >= 15 is 0 Å². The lowest BCUT2D eigenvalue weighted by Gasteiger charge is -2.15. The molecule has 0 heterocycles. The number of carbonyl (C=O) groups excluding carboxylic acids is 2. The van der Waals surface area contributed by atoms with Crippen LogP contribution in [0.5, 0.6) is 0 Å². The number of carbonyl (C=O) groups is 2. The van der Waals surface area contributed by atoms with Gasteiger partial charge in [0.25, 0.3) is 0 Å². The molecule has 0 saturated carbocycles. The van der Waals surface area contributed by atoms with Crippen molar-refractivity contribution in [1.29, 1.82) is 0 Å². The van der Waals surface area contributed by atoms with Crippen LogP contribution >= 0.6 is 0 Å². The summed E-state index contributed by atoms with van der Waals surface area (Å²) in [5, 5.41) is 0. The fraction of sp³-hybridized carbons (Fsp3) is 0.556. The first-order valence-electron chi connectivity index (χ1n) is 3.86. The molecule has 0 unspecified atom stereocenters. The van der Waals surface area contributed by atoms with Crippen LogP contribution in [0.1, 0.15) is 6.92 Å². The van der Waals surface area contributed by atoms with E-state index in [4.69, 9.17) is 0 Å².